The number of morpholine rings is 1. The second-order valence-corrected chi connectivity index (χ2v) is 8.51. The van der Waals surface area contributed by atoms with E-state index in [4.69, 9.17) is 4.74 Å². The second kappa shape index (κ2) is 9.52. The fourth-order valence-corrected chi connectivity index (χ4v) is 4.67. The molecule has 0 aliphatic carbocycles. The number of carbonyl (C=O) groups excluding carboxylic acids is 2. The van der Waals surface area contributed by atoms with Crippen LogP contribution in [0.15, 0.2) is 41.8 Å². The molecule has 2 aromatic rings. The minimum absolute atomic E-state index is 0.0369. The van der Waals surface area contributed by atoms with Gasteiger partial charge in [0.15, 0.2) is 0 Å². The van der Waals surface area contributed by atoms with E-state index in [1.807, 2.05) is 29.6 Å². The van der Waals surface area contributed by atoms with Crippen LogP contribution in [0.1, 0.15) is 33.6 Å². The first-order chi connectivity index (χ1) is 14.2. The fourth-order valence-electron chi connectivity index (χ4n) is 3.99. The van der Waals surface area contributed by atoms with E-state index in [1.54, 1.807) is 4.90 Å². The molecule has 1 N–H and O–H groups in total. The van der Waals surface area contributed by atoms with Crippen molar-refractivity contribution in [2.75, 3.05) is 32.8 Å². The predicted octanol–water partition coefficient (Wildman–Crippen LogP) is 2.50. The van der Waals surface area contributed by atoms with Crippen LogP contribution in [0.25, 0.3) is 0 Å². The molecule has 2 fully saturated rings. The first-order valence-electron chi connectivity index (χ1n) is 10.2. The molecule has 3 heterocycles. The van der Waals surface area contributed by atoms with Gasteiger partial charge in [-0.25, -0.2) is 0 Å². The van der Waals surface area contributed by atoms with Crippen LogP contribution in [0.2, 0.25) is 0 Å². The van der Waals surface area contributed by atoms with Crippen molar-refractivity contribution < 1.29 is 14.3 Å². The fraction of sp³-hybridized carbons (Fsp3) is 0.455. The number of hydrogen-bond acceptors (Lipinski definition) is 5. The lowest BCUT2D eigenvalue weighted by Gasteiger charge is -2.26. The molecule has 1 aromatic carbocycles. The molecule has 4 rings (SSSR count). The lowest BCUT2D eigenvalue weighted by Crippen LogP contribution is -2.45. The van der Waals surface area contributed by atoms with Crippen LogP contribution in [0.4, 0.5) is 0 Å². The number of carbonyl (C=O) groups is 2. The molecule has 0 unspecified atom stereocenters. The molecule has 2 saturated heterocycles. The summed E-state index contributed by atoms with van der Waals surface area (Å²) in [7, 11) is 0. The van der Waals surface area contributed by atoms with E-state index >= 15 is 0 Å². The molecule has 2 amide bonds. The molecule has 7 heteroatoms. The van der Waals surface area contributed by atoms with Gasteiger partial charge in [0, 0.05) is 32.7 Å². The van der Waals surface area contributed by atoms with E-state index in [-0.39, 0.29) is 17.9 Å². The van der Waals surface area contributed by atoms with Crippen molar-refractivity contribution in [3.05, 3.63) is 57.8 Å². The first kappa shape index (κ1) is 20.1. The molecule has 6 nitrogen and oxygen atoms in total. The van der Waals surface area contributed by atoms with Gasteiger partial charge in [-0.3, -0.25) is 14.5 Å². The summed E-state index contributed by atoms with van der Waals surface area (Å²) in [6.07, 6.45) is 1.59. The Balaban J connectivity index is 1.33. The summed E-state index contributed by atoms with van der Waals surface area (Å²) in [5.74, 6) is -0.101. The number of likely N-dealkylation sites (tertiary alicyclic amines) is 1. The number of rotatable bonds is 6. The van der Waals surface area contributed by atoms with Crippen LogP contribution in [-0.4, -0.2) is 60.5 Å². The Bertz CT molecular complexity index is 834. The van der Waals surface area contributed by atoms with E-state index in [0.717, 1.165) is 51.3 Å². The summed E-state index contributed by atoms with van der Waals surface area (Å²) in [4.78, 5) is 30.3. The summed E-state index contributed by atoms with van der Waals surface area (Å²) in [5, 5.41) is 4.93. The molecular formula is C22H27N3O3S. The molecule has 0 saturated carbocycles. The van der Waals surface area contributed by atoms with E-state index in [9.17, 15) is 9.59 Å². The Morgan fingerprint density at radius 1 is 1.10 bits per heavy atom. The van der Waals surface area contributed by atoms with Crippen molar-refractivity contribution in [3.63, 3.8) is 0 Å². The van der Waals surface area contributed by atoms with Crippen LogP contribution in [0, 0.1) is 0 Å². The van der Waals surface area contributed by atoms with Crippen molar-refractivity contribution in [1.29, 1.82) is 0 Å². The average molecular weight is 414 g/mol. The Labute approximate surface area is 175 Å². The van der Waals surface area contributed by atoms with E-state index in [2.05, 4.69) is 22.3 Å². The number of amides is 2. The van der Waals surface area contributed by atoms with Gasteiger partial charge in [0.2, 0.25) is 5.91 Å². The number of nitrogens with zero attached hydrogens (tertiary/aromatic N) is 2. The lowest BCUT2D eigenvalue weighted by atomic mass is 10.1. The molecule has 2 aliphatic heterocycles. The zero-order chi connectivity index (χ0) is 20.1. The zero-order valence-corrected chi connectivity index (χ0v) is 17.3. The Hall–Kier alpha value is -2.22. The third-order valence-corrected chi connectivity index (χ3v) is 6.37. The number of ether oxygens (including phenoxy) is 1. The monoisotopic (exact) mass is 413 g/mol. The minimum Gasteiger partial charge on any atom is -0.379 e. The van der Waals surface area contributed by atoms with Gasteiger partial charge >= 0.3 is 0 Å². The molecule has 2 aliphatic rings. The molecule has 1 atom stereocenters. The number of nitrogens with one attached hydrogen (secondary N) is 1. The Kier molecular flexibility index (Phi) is 6.59. The van der Waals surface area contributed by atoms with Gasteiger partial charge in [0.25, 0.3) is 5.91 Å². The lowest BCUT2D eigenvalue weighted by molar-refractivity contribution is -0.125. The van der Waals surface area contributed by atoms with Crippen LogP contribution >= 0.6 is 11.3 Å². The molecule has 0 spiro atoms. The topological polar surface area (TPSA) is 61.9 Å². The predicted molar refractivity (Wildman–Crippen MR) is 113 cm³/mol. The molecule has 29 heavy (non-hydrogen) atoms. The quantitative estimate of drug-likeness (QED) is 0.791. The smallest absolute Gasteiger partial charge is 0.264 e. The van der Waals surface area contributed by atoms with Crippen LogP contribution < -0.4 is 5.32 Å². The minimum atomic E-state index is -0.374. The van der Waals surface area contributed by atoms with E-state index in [0.29, 0.717) is 18.0 Å². The van der Waals surface area contributed by atoms with Crippen molar-refractivity contribution in [2.24, 2.45) is 0 Å². The highest BCUT2D eigenvalue weighted by Gasteiger charge is 2.34. The number of hydrogen-bond donors (Lipinski definition) is 1. The average Bonchev–Trinajstić information content (AvgIpc) is 3.45. The van der Waals surface area contributed by atoms with Crippen molar-refractivity contribution in [1.82, 2.24) is 15.1 Å². The maximum atomic E-state index is 12.8. The highest BCUT2D eigenvalue weighted by Crippen LogP contribution is 2.22. The van der Waals surface area contributed by atoms with Gasteiger partial charge in [-0.15, -0.1) is 11.3 Å². The standard InChI is InChI=1S/C22H27N3O3S/c26-21(19-6-2-8-25(19)22(27)20-7-3-13-29-20)23-15-17-4-1-5-18(14-17)16-24-9-11-28-12-10-24/h1,3-5,7,13-14,19H,2,6,8-12,15-16H2,(H,23,26)/t19-/m0/s1. The third kappa shape index (κ3) is 5.04. The van der Waals surface area contributed by atoms with Crippen LogP contribution in [0.5, 0.6) is 0 Å². The Morgan fingerprint density at radius 2 is 1.93 bits per heavy atom. The van der Waals surface area contributed by atoms with Gasteiger partial charge in [-0.2, -0.15) is 0 Å². The first-order valence-corrected chi connectivity index (χ1v) is 11.1. The summed E-state index contributed by atoms with van der Waals surface area (Å²) >= 11 is 1.42. The van der Waals surface area contributed by atoms with Gasteiger partial charge < -0.3 is 15.0 Å². The normalized spacial score (nSPS) is 20.0. The number of benzene rings is 1. The van der Waals surface area contributed by atoms with Crippen molar-refractivity contribution in [3.8, 4) is 0 Å². The van der Waals surface area contributed by atoms with E-state index < -0.39 is 0 Å². The third-order valence-electron chi connectivity index (χ3n) is 5.52. The Morgan fingerprint density at radius 3 is 2.72 bits per heavy atom. The van der Waals surface area contributed by atoms with Gasteiger partial charge in [-0.1, -0.05) is 30.3 Å². The highest BCUT2D eigenvalue weighted by atomic mass is 32.1. The zero-order valence-electron chi connectivity index (χ0n) is 16.5. The van der Waals surface area contributed by atoms with Crippen molar-refractivity contribution in [2.45, 2.75) is 32.0 Å². The van der Waals surface area contributed by atoms with Gasteiger partial charge in [0.05, 0.1) is 18.1 Å². The summed E-state index contributed by atoms with van der Waals surface area (Å²) in [5.41, 5.74) is 2.33. The SMILES string of the molecule is O=C(NCc1cccc(CN2CCOCC2)c1)[C@@H]1CCCN1C(=O)c1cccs1. The molecular weight excluding hydrogens is 386 g/mol. The number of thiophene rings is 1. The van der Waals surface area contributed by atoms with Crippen LogP contribution in [0.3, 0.4) is 0 Å². The van der Waals surface area contributed by atoms with Crippen molar-refractivity contribution >= 4 is 23.2 Å². The van der Waals surface area contributed by atoms with E-state index in [1.165, 1.54) is 16.9 Å². The van der Waals surface area contributed by atoms with Gasteiger partial charge in [-0.05, 0) is 35.4 Å². The molecule has 0 radical (unpaired) electrons. The highest BCUT2D eigenvalue weighted by molar-refractivity contribution is 7.12. The summed E-state index contributed by atoms with van der Waals surface area (Å²) < 4.78 is 5.41. The maximum Gasteiger partial charge on any atom is 0.264 e. The van der Waals surface area contributed by atoms with Crippen LogP contribution in [-0.2, 0) is 22.6 Å². The summed E-state index contributed by atoms with van der Waals surface area (Å²) in [6.45, 7) is 5.51. The maximum absolute atomic E-state index is 12.8. The van der Waals surface area contributed by atoms with Gasteiger partial charge in [0.1, 0.15) is 6.04 Å². The summed E-state index contributed by atoms with van der Waals surface area (Å²) in [6, 6.07) is 11.7. The molecule has 1 aromatic heterocycles. The molecule has 0 bridgehead atoms. The molecule has 154 valence electrons. The largest absolute Gasteiger partial charge is 0.379 e. The second-order valence-electron chi connectivity index (χ2n) is 7.56.